The highest BCUT2D eigenvalue weighted by atomic mass is 15.2. The average Bonchev–Trinajstić information content (AvgIpc) is 2.28. The minimum atomic E-state index is 1.00. The SMILES string of the molecule is C1=Cc2[nH]ccc2C=NN=1. The second-order valence-corrected chi connectivity index (χ2v) is 1.96. The van der Waals surface area contributed by atoms with Gasteiger partial charge in [0.1, 0.15) is 0 Å². The van der Waals surface area contributed by atoms with Crippen LogP contribution in [0.5, 0.6) is 0 Å². The third-order valence-electron chi connectivity index (χ3n) is 1.33. The van der Waals surface area contributed by atoms with Crippen molar-refractivity contribution in [1.29, 1.82) is 0 Å². The van der Waals surface area contributed by atoms with E-state index in [1.807, 2.05) is 12.3 Å². The van der Waals surface area contributed by atoms with Crippen LogP contribution in [0.4, 0.5) is 0 Å². The van der Waals surface area contributed by atoms with E-state index in [9.17, 15) is 0 Å². The number of aromatic nitrogens is 1. The van der Waals surface area contributed by atoms with Crippen LogP contribution in [-0.2, 0) is 0 Å². The molecular formula is C7H5N3. The minimum Gasteiger partial charge on any atom is -0.361 e. The quantitative estimate of drug-likeness (QED) is 0.546. The van der Waals surface area contributed by atoms with E-state index in [1.165, 1.54) is 0 Å². The van der Waals surface area contributed by atoms with Gasteiger partial charge in [-0.05, 0) is 6.07 Å². The maximum Gasteiger partial charge on any atom is 0.0597 e. The van der Waals surface area contributed by atoms with E-state index in [2.05, 4.69) is 21.1 Å². The molecule has 1 aromatic heterocycles. The van der Waals surface area contributed by atoms with Crippen LogP contribution in [0.25, 0.3) is 6.08 Å². The first-order valence-corrected chi connectivity index (χ1v) is 2.96. The molecule has 0 aromatic carbocycles. The summed E-state index contributed by atoms with van der Waals surface area (Å²) in [5.41, 5.74) is 2.05. The second-order valence-electron chi connectivity index (χ2n) is 1.96. The molecule has 1 aliphatic heterocycles. The minimum absolute atomic E-state index is 1.00. The van der Waals surface area contributed by atoms with Gasteiger partial charge < -0.3 is 4.98 Å². The van der Waals surface area contributed by atoms with E-state index < -0.39 is 0 Å². The van der Waals surface area contributed by atoms with Gasteiger partial charge in [0.2, 0.25) is 0 Å². The maximum atomic E-state index is 3.72. The summed E-state index contributed by atoms with van der Waals surface area (Å²) in [6, 6.07) is 1.94. The molecule has 0 radical (unpaired) electrons. The summed E-state index contributed by atoms with van der Waals surface area (Å²) >= 11 is 0. The van der Waals surface area contributed by atoms with Crippen molar-refractivity contribution >= 4 is 18.2 Å². The highest BCUT2D eigenvalue weighted by molar-refractivity contribution is 5.91. The van der Waals surface area contributed by atoms with Gasteiger partial charge in [0.05, 0.1) is 11.9 Å². The number of fused-ring (bicyclic) bond motifs is 1. The molecule has 3 nitrogen and oxygen atoms in total. The van der Waals surface area contributed by atoms with Crippen molar-refractivity contribution in [2.24, 2.45) is 10.2 Å². The molecule has 0 bridgehead atoms. The van der Waals surface area contributed by atoms with E-state index in [4.69, 9.17) is 0 Å². The third kappa shape index (κ3) is 0.694. The molecule has 2 rings (SSSR count). The highest BCUT2D eigenvalue weighted by Crippen LogP contribution is 2.05. The zero-order valence-electron chi connectivity index (χ0n) is 5.20. The van der Waals surface area contributed by atoms with Gasteiger partial charge in [-0.1, -0.05) is 0 Å². The molecule has 0 unspecified atom stereocenters. The Morgan fingerprint density at radius 1 is 1.50 bits per heavy atom. The molecule has 0 saturated heterocycles. The fraction of sp³-hybridized carbons (Fsp3) is 0. The van der Waals surface area contributed by atoms with Gasteiger partial charge in [-0.25, -0.2) is 0 Å². The summed E-state index contributed by atoms with van der Waals surface area (Å²) in [6.07, 6.45) is 5.32. The smallest absolute Gasteiger partial charge is 0.0597 e. The highest BCUT2D eigenvalue weighted by Gasteiger charge is 1.97. The number of nitrogens with zero attached hydrogens (tertiary/aromatic N) is 2. The van der Waals surface area contributed by atoms with Gasteiger partial charge in [-0.15, -0.1) is 10.2 Å². The van der Waals surface area contributed by atoms with Gasteiger partial charge in [0.15, 0.2) is 0 Å². The van der Waals surface area contributed by atoms with Crippen molar-refractivity contribution in [3.05, 3.63) is 23.5 Å². The van der Waals surface area contributed by atoms with E-state index in [0.717, 1.165) is 11.3 Å². The van der Waals surface area contributed by atoms with E-state index >= 15 is 0 Å². The number of hydrogen-bond acceptors (Lipinski definition) is 2. The summed E-state index contributed by atoms with van der Waals surface area (Å²) < 4.78 is 0. The molecule has 3 heteroatoms. The van der Waals surface area contributed by atoms with Crippen LogP contribution in [0, 0.1) is 0 Å². The maximum absolute atomic E-state index is 3.72. The molecule has 0 saturated carbocycles. The monoisotopic (exact) mass is 131 g/mol. The van der Waals surface area contributed by atoms with Crippen LogP contribution in [-0.4, -0.2) is 17.1 Å². The van der Waals surface area contributed by atoms with Crippen molar-refractivity contribution < 1.29 is 0 Å². The van der Waals surface area contributed by atoms with Crippen LogP contribution in [0.3, 0.4) is 0 Å². The van der Waals surface area contributed by atoms with Gasteiger partial charge in [0, 0.05) is 23.7 Å². The molecule has 1 aliphatic rings. The van der Waals surface area contributed by atoms with Crippen LogP contribution in [0.2, 0.25) is 0 Å². The zero-order chi connectivity index (χ0) is 6.81. The molecule has 0 aliphatic carbocycles. The Balaban J connectivity index is 2.68. The summed E-state index contributed by atoms with van der Waals surface area (Å²) in [7, 11) is 0. The Labute approximate surface area is 57.8 Å². The summed E-state index contributed by atoms with van der Waals surface area (Å²) in [4.78, 5) is 3.03. The second kappa shape index (κ2) is 1.97. The largest absolute Gasteiger partial charge is 0.361 e. The van der Waals surface area contributed by atoms with Gasteiger partial charge in [0.25, 0.3) is 0 Å². The van der Waals surface area contributed by atoms with Crippen molar-refractivity contribution in [2.75, 3.05) is 0 Å². The predicted molar refractivity (Wildman–Crippen MR) is 40.3 cm³/mol. The zero-order valence-corrected chi connectivity index (χ0v) is 5.20. The first kappa shape index (κ1) is 5.21. The van der Waals surface area contributed by atoms with Gasteiger partial charge in [-0.3, -0.25) is 0 Å². The summed E-state index contributed by atoms with van der Waals surface area (Å²) in [5.74, 6) is 2.66. The van der Waals surface area contributed by atoms with E-state index in [0.29, 0.717) is 0 Å². The van der Waals surface area contributed by atoms with Crippen molar-refractivity contribution in [3.63, 3.8) is 0 Å². The molecule has 0 amide bonds. The fourth-order valence-electron chi connectivity index (χ4n) is 0.850. The lowest BCUT2D eigenvalue weighted by molar-refractivity contribution is 1.28. The van der Waals surface area contributed by atoms with Crippen molar-refractivity contribution in [3.8, 4) is 0 Å². The molecule has 2 heterocycles. The molecule has 0 fully saturated rings. The van der Waals surface area contributed by atoms with E-state index in [1.54, 1.807) is 12.3 Å². The predicted octanol–water partition coefficient (Wildman–Crippen LogP) is 1.05. The Bertz CT molecular complexity index is 326. The molecule has 48 valence electrons. The van der Waals surface area contributed by atoms with Crippen LogP contribution in [0.1, 0.15) is 11.3 Å². The first-order valence-electron chi connectivity index (χ1n) is 2.96. The average molecular weight is 131 g/mol. The standard InChI is InChI=1S/C7H5N3/c1-3-8-7-2-4-9-10-5-6(1)7/h1-3,5,8H. The summed E-state index contributed by atoms with van der Waals surface area (Å²) in [6.45, 7) is 0. The molecule has 0 spiro atoms. The molecule has 10 heavy (non-hydrogen) atoms. The third-order valence-corrected chi connectivity index (χ3v) is 1.33. The first-order chi connectivity index (χ1) is 4.97. The lowest BCUT2D eigenvalue weighted by Crippen LogP contribution is -1.78. The molecular weight excluding hydrogens is 126 g/mol. The van der Waals surface area contributed by atoms with Crippen LogP contribution < -0.4 is 0 Å². The van der Waals surface area contributed by atoms with Crippen LogP contribution in [0.15, 0.2) is 22.5 Å². The number of aromatic amines is 1. The van der Waals surface area contributed by atoms with Gasteiger partial charge >= 0.3 is 0 Å². The van der Waals surface area contributed by atoms with Crippen molar-refractivity contribution in [2.45, 2.75) is 0 Å². The molecule has 1 aromatic rings. The molecule has 0 atom stereocenters. The van der Waals surface area contributed by atoms with E-state index in [-0.39, 0.29) is 0 Å². The number of nitrogens with one attached hydrogen (secondary N) is 1. The lowest BCUT2D eigenvalue weighted by Gasteiger charge is -1.83. The Kier molecular flexibility index (Phi) is 1.03. The van der Waals surface area contributed by atoms with Crippen molar-refractivity contribution in [1.82, 2.24) is 4.98 Å². The molecule has 1 N–H and O–H groups in total. The number of H-pyrrole nitrogens is 1. The fourth-order valence-corrected chi connectivity index (χ4v) is 0.850. The Morgan fingerprint density at radius 3 is 3.50 bits per heavy atom. The lowest BCUT2D eigenvalue weighted by atomic mass is 10.2. The number of rotatable bonds is 0. The number of hydrogen-bond donors (Lipinski definition) is 1. The van der Waals surface area contributed by atoms with Gasteiger partial charge in [-0.2, -0.15) is 0 Å². The van der Waals surface area contributed by atoms with Crippen LogP contribution >= 0.6 is 0 Å². The Morgan fingerprint density at radius 2 is 2.50 bits per heavy atom. The topological polar surface area (TPSA) is 40.5 Å². The normalized spacial score (nSPS) is 13.2. The summed E-state index contributed by atoms with van der Waals surface area (Å²) in [5, 5.41) is 7.32. The Hall–Kier alpha value is -1.60.